The summed E-state index contributed by atoms with van der Waals surface area (Å²) < 4.78 is 5.06. The number of nitrogens with zero attached hydrogens (tertiary/aromatic N) is 2. The number of phenolic OH excluding ortho intramolecular Hbond substituents is 1. The number of hydrogen-bond acceptors (Lipinski definition) is 5. The van der Waals surface area contributed by atoms with Gasteiger partial charge in [0.1, 0.15) is 0 Å². The number of aliphatic imine (C=N–C) groups is 1. The highest BCUT2D eigenvalue weighted by Crippen LogP contribution is 2.26. The molecule has 28 heavy (non-hydrogen) atoms. The molecule has 1 heterocycles. The van der Waals surface area contributed by atoms with Gasteiger partial charge in [0.25, 0.3) is 0 Å². The zero-order valence-corrected chi connectivity index (χ0v) is 19.2. The fourth-order valence-corrected chi connectivity index (χ4v) is 3.04. The Labute approximate surface area is 184 Å². The normalized spacial score (nSPS) is 15.5. The zero-order valence-electron chi connectivity index (χ0n) is 16.8. The van der Waals surface area contributed by atoms with Crippen molar-refractivity contribution in [3.05, 3.63) is 23.8 Å². The van der Waals surface area contributed by atoms with Crippen LogP contribution < -0.4 is 20.7 Å². The first-order chi connectivity index (χ1) is 13.0. The van der Waals surface area contributed by atoms with Gasteiger partial charge in [0.05, 0.1) is 20.2 Å². The molecule has 4 N–H and O–H groups in total. The molecular weight excluding hydrogens is 473 g/mol. The fourth-order valence-electron chi connectivity index (χ4n) is 3.04. The smallest absolute Gasteiger partial charge is 0.233 e. The molecule has 1 saturated heterocycles. The molecule has 1 aliphatic heterocycles. The molecule has 9 heteroatoms. The predicted molar refractivity (Wildman–Crippen MR) is 122 cm³/mol. The van der Waals surface area contributed by atoms with Crippen LogP contribution in [-0.4, -0.2) is 68.3 Å². The van der Waals surface area contributed by atoms with Crippen molar-refractivity contribution in [1.82, 2.24) is 20.9 Å². The van der Waals surface area contributed by atoms with Crippen LogP contribution in [0.2, 0.25) is 0 Å². The van der Waals surface area contributed by atoms with Crippen LogP contribution in [0.1, 0.15) is 25.3 Å². The molecule has 0 spiro atoms. The van der Waals surface area contributed by atoms with Crippen molar-refractivity contribution in [3.63, 3.8) is 0 Å². The van der Waals surface area contributed by atoms with E-state index in [0.29, 0.717) is 24.9 Å². The predicted octanol–water partition coefficient (Wildman–Crippen LogP) is 1.28. The van der Waals surface area contributed by atoms with E-state index in [9.17, 15) is 9.90 Å². The van der Waals surface area contributed by atoms with Crippen LogP contribution >= 0.6 is 24.0 Å². The van der Waals surface area contributed by atoms with Crippen molar-refractivity contribution in [2.75, 3.05) is 40.3 Å². The van der Waals surface area contributed by atoms with E-state index in [1.165, 1.54) is 7.11 Å². The molecule has 1 aliphatic rings. The number of carbonyl (C=O) groups excluding carboxylic acids is 1. The molecule has 1 fully saturated rings. The van der Waals surface area contributed by atoms with Crippen LogP contribution in [0.3, 0.4) is 0 Å². The summed E-state index contributed by atoms with van der Waals surface area (Å²) >= 11 is 0. The average molecular weight is 505 g/mol. The number of phenols is 1. The summed E-state index contributed by atoms with van der Waals surface area (Å²) in [6.45, 7) is 5.49. The van der Waals surface area contributed by atoms with Crippen LogP contribution in [-0.2, 0) is 11.3 Å². The van der Waals surface area contributed by atoms with E-state index < -0.39 is 0 Å². The maximum atomic E-state index is 11.5. The first kappa shape index (κ1) is 24.3. The van der Waals surface area contributed by atoms with E-state index in [1.54, 1.807) is 19.2 Å². The third kappa shape index (κ3) is 7.70. The van der Waals surface area contributed by atoms with Crippen LogP contribution in [0.5, 0.6) is 11.5 Å². The summed E-state index contributed by atoms with van der Waals surface area (Å²) in [6.07, 6.45) is 1.93. The van der Waals surface area contributed by atoms with Gasteiger partial charge < -0.3 is 25.8 Å². The molecule has 0 aliphatic carbocycles. The van der Waals surface area contributed by atoms with Gasteiger partial charge >= 0.3 is 0 Å². The Hall–Kier alpha value is -1.75. The molecule has 0 unspecified atom stereocenters. The number of nitrogens with one attached hydrogen (secondary N) is 3. The van der Waals surface area contributed by atoms with Crippen LogP contribution in [0, 0.1) is 0 Å². The molecule has 0 aromatic heterocycles. The molecule has 1 aromatic rings. The number of guanidine groups is 1. The lowest BCUT2D eigenvalue weighted by Gasteiger charge is -2.32. The van der Waals surface area contributed by atoms with Crippen molar-refractivity contribution < 1.29 is 14.6 Å². The molecule has 2 rings (SSSR count). The molecule has 0 radical (unpaired) electrons. The fraction of sp³-hybridized carbons (Fsp3) is 0.579. The Morgan fingerprint density at radius 1 is 1.36 bits per heavy atom. The first-order valence-corrected chi connectivity index (χ1v) is 9.39. The van der Waals surface area contributed by atoms with Crippen molar-refractivity contribution in [3.8, 4) is 11.5 Å². The summed E-state index contributed by atoms with van der Waals surface area (Å²) in [5.41, 5.74) is 0.908. The topological polar surface area (TPSA) is 98.2 Å². The number of halogens is 1. The number of amides is 1. The van der Waals surface area contributed by atoms with Crippen LogP contribution in [0.4, 0.5) is 0 Å². The summed E-state index contributed by atoms with van der Waals surface area (Å²) in [6, 6.07) is 5.63. The number of aromatic hydroxyl groups is 1. The number of hydrogen-bond donors (Lipinski definition) is 4. The maximum absolute atomic E-state index is 11.5. The van der Waals surface area contributed by atoms with Gasteiger partial charge in [0, 0.05) is 32.7 Å². The van der Waals surface area contributed by atoms with Gasteiger partial charge in [-0.15, -0.1) is 24.0 Å². The van der Waals surface area contributed by atoms with E-state index in [0.717, 1.165) is 44.0 Å². The highest BCUT2D eigenvalue weighted by atomic mass is 127. The zero-order chi connectivity index (χ0) is 19.6. The summed E-state index contributed by atoms with van der Waals surface area (Å²) in [5.74, 6) is 1.39. The lowest BCUT2D eigenvalue weighted by Crippen LogP contribution is -2.50. The Balaban J connectivity index is 0.00000392. The number of rotatable bonds is 7. The quantitative estimate of drug-likeness (QED) is 0.253. The van der Waals surface area contributed by atoms with Crippen molar-refractivity contribution in [2.45, 2.75) is 32.4 Å². The molecule has 8 nitrogen and oxygen atoms in total. The van der Waals surface area contributed by atoms with Crippen molar-refractivity contribution in [2.24, 2.45) is 4.99 Å². The van der Waals surface area contributed by atoms with Crippen LogP contribution in [0.15, 0.2) is 23.2 Å². The van der Waals surface area contributed by atoms with Gasteiger partial charge in [0.2, 0.25) is 5.91 Å². The Kier molecular flexibility index (Phi) is 11.0. The minimum Gasteiger partial charge on any atom is -0.504 e. The molecule has 1 aromatic carbocycles. The van der Waals surface area contributed by atoms with Gasteiger partial charge in [-0.3, -0.25) is 9.69 Å². The minimum atomic E-state index is 0. The lowest BCUT2D eigenvalue weighted by atomic mass is 10.1. The van der Waals surface area contributed by atoms with Gasteiger partial charge in [0.15, 0.2) is 17.5 Å². The van der Waals surface area contributed by atoms with E-state index >= 15 is 0 Å². The van der Waals surface area contributed by atoms with Gasteiger partial charge in [-0.25, -0.2) is 4.99 Å². The van der Waals surface area contributed by atoms with Crippen molar-refractivity contribution in [1.29, 1.82) is 0 Å². The largest absolute Gasteiger partial charge is 0.504 e. The minimum absolute atomic E-state index is 0. The Morgan fingerprint density at radius 3 is 2.64 bits per heavy atom. The maximum Gasteiger partial charge on any atom is 0.233 e. The standard InChI is InChI=1S/C19H31N5O3.HI/c1-4-21-19(22-12-14-5-6-17(27-3)16(25)11-14)23-15-7-9-24(10-8-15)13-18(26)20-2;/h5-6,11,15,25H,4,7-10,12-13H2,1-3H3,(H,20,26)(H2,21,22,23);1H. The summed E-state index contributed by atoms with van der Waals surface area (Å²) in [5, 5.41) is 19.3. The summed E-state index contributed by atoms with van der Waals surface area (Å²) in [4.78, 5) is 18.3. The van der Waals surface area contributed by atoms with Gasteiger partial charge in [-0.2, -0.15) is 0 Å². The molecule has 0 saturated carbocycles. The van der Waals surface area contributed by atoms with E-state index in [4.69, 9.17) is 4.74 Å². The number of likely N-dealkylation sites (N-methyl/N-ethyl adjacent to an activating group) is 1. The molecule has 0 bridgehead atoms. The number of piperidine rings is 1. The van der Waals surface area contributed by atoms with Gasteiger partial charge in [-0.1, -0.05) is 6.07 Å². The molecular formula is C19H32IN5O3. The highest BCUT2D eigenvalue weighted by molar-refractivity contribution is 14.0. The Bertz CT molecular complexity index is 648. The second kappa shape index (κ2) is 12.7. The monoisotopic (exact) mass is 505 g/mol. The second-order valence-corrected chi connectivity index (χ2v) is 6.57. The van der Waals surface area contributed by atoms with Crippen molar-refractivity contribution >= 4 is 35.8 Å². The second-order valence-electron chi connectivity index (χ2n) is 6.57. The molecule has 158 valence electrons. The number of ether oxygens (including phenoxy) is 1. The summed E-state index contributed by atoms with van der Waals surface area (Å²) in [7, 11) is 3.19. The Morgan fingerprint density at radius 2 is 2.07 bits per heavy atom. The average Bonchev–Trinajstić information content (AvgIpc) is 2.67. The third-order valence-electron chi connectivity index (χ3n) is 4.58. The van der Waals surface area contributed by atoms with Gasteiger partial charge in [-0.05, 0) is 37.5 Å². The SMILES string of the molecule is CCNC(=NCc1ccc(OC)c(O)c1)NC1CCN(CC(=O)NC)CC1.I. The number of likely N-dealkylation sites (tertiary alicyclic amines) is 1. The number of methoxy groups -OCH3 is 1. The van der Waals surface area contributed by atoms with E-state index in [2.05, 4.69) is 25.8 Å². The van der Waals surface area contributed by atoms with E-state index in [1.807, 2.05) is 13.0 Å². The molecule has 1 amide bonds. The first-order valence-electron chi connectivity index (χ1n) is 9.39. The molecule has 0 atom stereocenters. The highest BCUT2D eigenvalue weighted by Gasteiger charge is 2.21. The lowest BCUT2D eigenvalue weighted by molar-refractivity contribution is -0.122. The van der Waals surface area contributed by atoms with Crippen LogP contribution in [0.25, 0.3) is 0 Å². The number of benzene rings is 1. The van der Waals surface area contributed by atoms with E-state index in [-0.39, 0.29) is 35.6 Å². The number of carbonyl (C=O) groups is 1. The third-order valence-corrected chi connectivity index (χ3v) is 4.58.